The van der Waals surface area contributed by atoms with Crippen molar-refractivity contribution in [2.45, 2.75) is 24.9 Å². The van der Waals surface area contributed by atoms with Gasteiger partial charge in [-0.05, 0) is 13.0 Å². The zero-order valence-corrected chi connectivity index (χ0v) is 14.1. The van der Waals surface area contributed by atoms with Crippen LogP contribution < -0.4 is 5.32 Å². The number of fused-ring (bicyclic) bond motifs is 1. The lowest BCUT2D eigenvalue weighted by atomic mass is 10.4. The Kier molecular flexibility index (Phi) is 5.48. The highest BCUT2D eigenvalue weighted by Gasteiger charge is 2.14. The average molecular weight is 334 g/mol. The molecule has 0 bridgehead atoms. The zero-order valence-electron chi connectivity index (χ0n) is 11.6. The van der Waals surface area contributed by atoms with E-state index in [0.717, 1.165) is 35.2 Å². The summed E-state index contributed by atoms with van der Waals surface area (Å²) in [5, 5.41) is 6.32. The molecule has 1 N–H and O–H groups in total. The molecule has 0 saturated carbocycles. The summed E-state index contributed by atoms with van der Waals surface area (Å²) in [5.41, 5.74) is 1.12. The fraction of sp³-hybridized carbons (Fsp3) is 0.583. The molecule has 0 spiro atoms. The van der Waals surface area contributed by atoms with E-state index in [9.17, 15) is 8.42 Å². The number of aromatic nitrogens is 2. The molecule has 0 aliphatic carbocycles. The smallest absolute Gasteiger partial charge is 0.194 e. The van der Waals surface area contributed by atoms with E-state index in [1.807, 2.05) is 11.6 Å². The van der Waals surface area contributed by atoms with Crippen LogP contribution in [0.5, 0.6) is 0 Å². The van der Waals surface area contributed by atoms with Crippen LogP contribution in [0.3, 0.4) is 0 Å². The van der Waals surface area contributed by atoms with Crippen molar-refractivity contribution < 1.29 is 8.42 Å². The first kappa shape index (κ1) is 15.8. The van der Waals surface area contributed by atoms with Crippen molar-refractivity contribution in [1.29, 1.82) is 0 Å². The van der Waals surface area contributed by atoms with Gasteiger partial charge in [0.25, 0.3) is 0 Å². The number of thioether (sulfide) groups is 1. The maximum Gasteiger partial charge on any atom is 0.194 e. The van der Waals surface area contributed by atoms with Gasteiger partial charge in [0.15, 0.2) is 4.96 Å². The highest BCUT2D eigenvalue weighted by Crippen LogP contribution is 2.26. The number of imidazole rings is 1. The van der Waals surface area contributed by atoms with Crippen molar-refractivity contribution in [2.75, 3.05) is 24.3 Å². The first-order chi connectivity index (χ1) is 9.51. The van der Waals surface area contributed by atoms with Gasteiger partial charge >= 0.3 is 0 Å². The van der Waals surface area contributed by atoms with Crippen LogP contribution in [-0.2, 0) is 16.4 Å². The van der Waals surface area contributed by atoms with Gasteiger partial charge in [0.1, 0.15) is 14.9 Å². The second kappa shape index (κ2) is 6.93. The minimum atomic E-state index is -2.91. The molecule has 0 unspecified atom stereocenters. The minimum absolute atomic E-state index is 0.185. The quantitative estimate of drug-likeness (QED) is 0.591. The number of nitrogens with one attached hydrogen (secondary N) is 1. The van der Waals surface area contributed by atoms with Crippen LogP contribution in [0.1, 0.15) is 19.0 Å². The maximum absolute atomic E-state index is 11.2. The van der Waals surface area contributed by atoms with Crippen LogP contribution >= 0.6 is 23.1 Å². The molecule has 0 amide bonds. The average Bonchev–Trinajstić information content (AvgIpc) is 2.90. The van der Waals surface area contributed by atoms with Gasteiger partial charge in [-0.1, -0.05) is 6.92 Å². The van der Waals surface area contributed by atoms with Gasteiger partial charge in [-0.15, -0.1) is 23.1 Å². The van der Waals surface area contributed by atoms with E-state index in [0.29, 0.717) is 5.75 Å². The van der Waals surface area contributed by atoms with Crippen molar-refractivity contribution in [3.63, 3.8) is 0 Å². The van der Waals surface area contributed by atoms with Gasteiger partial charge < -0.3 is 5.32 Å². The van der Waals surface area contributed by atoms with Gasteiger partial charge in [0.2, 0.25) is 0 Å². The van der Waals surface area contributed by atoms with Crippen LogP contribution in [0, 0.1) is 0 Å². The Labute approximate surface area is 127 Å². The molecule has 0 aliphatic rings. The first-order valence-electron chi connectivity index (χ1n) is 6.47. The Balaban J connectivity index is 2.10. The Bertz CT molecular complexity index is 661. The lowest BCUT2D eigenvalue weighted by Gasteiger charge is -2.05. The topological polar surface area (TPSA) is 63.5 Å². The Morgan fingerprint density at radius 3 is 3.00 bits per heavy atom. The SMILES string of the molecule is CCCNCc1c(SCCS(C)(=O)=O)nc2sccn12. The molecular formula is C12H19N3O2S3. The number of hydrogen-bond donors (Lipinski definition) is 1. The molecule has 0 aliphatic heterocycles. The molecule has 0 saturated heterocycles. The van der Waals surface area contributed by atoms with E-state index in [1.54, 1.807) is 11.3 Å². The van der Waals surface area contributed by atoms with Gasteiger partial charge in [-0.3, -0.25) is 4.40 Å². The minimum Gasteiger partial charge on any atom is -0.311 e. The Morgan fingerprint density at radius 2 is 2.30 bits per heavy atom. The summed E-state index contributed by atoms with van der Waals surface area (Å²) < 4.78 is 24.5. The van der Waals surface area contributed by atoms with Gasteiger partial charge in [-0.25, -0.2) is 13.4 Å². The van der Waals surface area contributed by atoms with E-state index in [4.69, 9.17) is 0 Å². The zero-order chi connectivity index (χ0) is 14.6. The van der Waals surface area contributed by atoms with E-state index < -0.39 is 9.84 Å². The lowest BCUT2D eigenvalue weighted by Crippen LogP contribution is -2.15. The second-order valence-electron chi connectivity index (χ2n) is 4.57. The number of rotatable bonds is 8. The molecule has 2 aromatic rings. The molecule has 0 fully saturated rings. The summed E-state index contributed by atoms with van der Waals surface area (Å²) in [7, 11) is -2.91. The van der Waals surface area contributed by atoms with Crippen LogP contribution in [0.2, 0.25) is 0 Å². The third kappa shape index (κ3) is 4.21. The van der Waals surface area contributed by atoms with Crippen molar-refractivity contribution in [1.82, 2.24) is 14.7 Å². The van der Waals surface area contributed by atoms with Crippen molar-refractivity contribution in [3.8, 4) is 0 Å². The predicted molar refractivity (Wildman–Crippen MR) is 85.5 cm³/mol. The van der Waals surface area contributed by atoms with Crippen LogP contribution in [0.25, 0.3) is 4.96 Å². The van der Waals surface area contributed by atoms with Crippen molar-refractivity contribution >= 4 is 37.9 Å². The van der Waals surface area contributed by atoms with E-state index in [1.165, 1.54) is 18.0 Å². The van der Waals surface area contributed by atoms with E-state index in [2.05, 4.69) is 21.6 Å². The lowest BCUT2D eigenvalue weighted by molar-refractivity contribution is 0.603. The fourth-order valence-corrected chi connectivity index (χ4v) is 4.78. The number of hydrogen-bond acceptors (Lipinski definition) is 6. The van der Waals surface area contributed by atoms with Gasteiger partial charge in [-0.2, -0.15) is 0 Å². The van der Waals surface area contributed by atoms with Crippen molar-refractivity contribution in [3.05, 3.63) is 17.3 Å². The summed E-state index contributed by atoms with van der Waals surface area (Å²) in [5.74, 6) is 0.731. The molecular weight excluding hydrogens is 314 g/mol. The molecule has 0 aromatic carbocycles. The molecule has 20 heavy (non-hydrogen) atoms. The fourth-order valence-electron chi connectivity index (χ4n) is 1.76. The summed E-state index contributed by atoms with van der Waals surface area (Å²) in [6.45, 7) is 3.85. The monoisotopic (exact) mass is 333 g/mol. The summed E-state index contributed by atoms with van der Waals surface area (Å²) >= 11 is 3.11. The largest absolute Gasteiger partial charge is 0.311 e. The van der Waals surface area contributed by atoms with E-state index >= 15 is 0 Å². The standard InChI is InChI=1S/C12H19N3O2S3/c1-3-4-13-9-10-11(18-7-8-20(2,16)17)14-12-15(10)5-6-19-12/h5-6,13H,3-4,7-9H2,1-2H3. The number of nitrogens with zero attached hydrogens (tertiary/aromatic N) is 2. The third-order valence-corrected chi connectivity index (χ3v) is 5.71. The maximum atomic E-state index is 11.2. The molecule has 2 heterocycles. The number of sulfone groups is 1. The molecule has 8 heteroatoms. The molecule has 5 nitrogen and oxygen atoms in total. The predicted octanol–water partition coefficient (Wildman–Crippen LogP) is 2.03. The third-order valence-electron chi connectivity index (χ3n) is 2.74. The normalized spacial score (nSPS) is 12.3. The molecule has 0 radical (unpaired) electrons. The first-order valence-corrected chi connectivity index (χ1v) is 10.4. The summed E-state index contributed by atoms with van der Waals surface area (Å²) in [4.78, 5) is 5.54. The Morgan fingerprint density at radius 1 is 1.50 bits per heavy atom. The highest BCUT2D eigenvalue weighted by atomic mass is 32.2. The molecule has 2 rings (SSSR count). The van der Waals surface area contributed by atoms with Crippen LogP contribution in [0.4, 0.5) is 0 Å². The molecule has 2 aromatic heterocycles. The van der Waals surface area contributed by atoms with Crippen LogP contribution in [0.15, 0.2) is 16.6 Å². The highest BCUT2D eigenvalue weighted by molar-refractivity contribution is 8.00. The van der Waals surface area contributed by atoms with Gasteiger partial charge in [0.05, 0.1) is 11.4 Å². The summed E-state index contributed by atoms with van der Waals surface area (Å²) in [6, 6.07) is 0. The van der Waals surface area contributed by atoms with Crippen LogP contribution in [-0.4, -0.2) is 42.1 Å². The molecule has 112 valence electrons. The number of thiazole rings is 1. The summed E-state index contributed by atoms with van der Waals surface area (Å²) in [6.07, 6.45) is 4.36. The second-order valence-corrected chi connectivity index (χ2v) is 8.79. The van der Waals surface area contributed by atoms with E-state index in [-0.39, 0.29) is 5.75 Å². The molecule has 0 atom stereocenters. The Hall–Kier alpha value is -0.570. The van der Waals surface area contributed by atoms with Crippen molar-refractivity contribution in [2.24, 2.45) is 0 Å². The van der Waals surface area contributed by atoms with Gasteiger partial charge in [0, 0.05) is 30.1 Å².